The lowest BCUT2D eigenvalue weighted by atomic mass is 10.0. The molecule has 0 fully saturated rings. The molecule has 0 heterocycles. The van der Waals surface area contributed by atoms with Crippen molar-refractivity contribution >= 4 is 23.6 Å². The normalized spacial score (nSPS) is 11.9. The van der Waals surface area contributed by atoms with E-state index < -0.39 is 12.0 Å². The van der Waals surface area contributed by atoms with Gasteiger partial charge in [-0.3, -0.25) is 4.79 Å². The van der Waals surface area contributed by atoms with E-state index in [0.717, 1.165) is 12.0 Å². The lowest BCUT2D eigenvalue weighted by Gasteiger charge is -2.15. The van der Waals surface area contributed by atoms with Gasteiger partial charge in [-0.05, 0) is 36.5 Å². The second-order valence-electron chi connectivity index (χ2n) is 4.16. The lowest BCUT2D eigenvalue weighted by Crippen LogP contribution is -2.41. The van der Waals surface area contributed by atoms with E-state index in [4.69, 9.17) is 5.11 Å². The van der Waals surface area contributed by atoms with Crippen molar-refractivity contribution in [2.24, 2.45) is 0 Å². The Morgan fingerprint density at radius 2 is 2.05 bits per heavy atom. The molecule has 1 aromatic carbocycles. The topological polar surface area (TPSA) is 66.4 Å². The number of rotatable bonds is 7. The number of thioether (sulfide) groups is 1. The van der Waals surface area contributed by atoms with Gasteiger partial charge in [0.2, 0.25) is 0 Å². The van der Waals surface area contributed by atoms with Crippen molar-refractivity contribution in [3.05, 3.63) is 35.4 Å². The molecule has 0 saturated heterocycles. The maximum atomic E-state index is 12.1. The SMILES string of the molecule is CCc1ccccc1C(=O)N[C@H](CCSC)C(=O)O. The average Bonchev–Trinajstić information content (AvgIpc) is 2.42. The largest absolute Gasteiger partial charge is 0.480 e. The molecule has 104 valence electrons. The molecule has 2 N–H and O–H groups in total. The number of benzene rings is 1. The summed E-state index contributed by atoms with van der Waals surface area (Å²) in [5.41, 5.74) is 1.48. The lowest BCUT2D eigenvalue weighted by molar-refractivity contribution is -0.139. The summed E-state index contributed by atoms with van der Waals surface area (Å²) in [6, 6.07) is 6.43. The fraction of sp³-hybridized carbons (Fsp3) is 0.429. The molecule has 0 aliphatic heterocycles. The molecular formula is C14H19NO3S. The van der Waals surface area contributed by atoms with Gasteiger partial charge >= 0.3 is 5.97 Å². The van der Waals surface area contributed by atoms with E-state index in [1.54, 1.807) is 23.9 Å². The number of aliphatic carboxylic acids is 1. The Morgan fingerprint density at radius 1 is 1.37 bits per heavy atom. The molecule has 0 saturated carbocycles. The molecule has 19 heavy (non-hydrogen) atoms. The highest BCUT2D eigenvalue weighted by atomic mass is 32.2. The first-order chi connectivity index (χ1) is 9.10. The summed E-state index contributed by atoms with van der Waals surface area (Å²) in [7, 11) is 0. The van der Waals surface area contributed by atoms with Gasteiger partial charge in [0.05, 0.1) is 0 Å². The number of aryl methyl sites for hydroxylation is 1. The highest BCUT2D eigenvalue weighted by molar-refractivity contribution is 7.98. The van der Waals surface area contributed by atoms with Crippen LogP contribution in [0.5, 0.6) is 0 Å². The molecule has 0 aromatic heterocycles. The molecule has 0 bridgehead atoms. The Kier molecular flexibility index (Phi) is 6.42. The second-order valence-corrected chi connectivity index (χ2v) is 5.14. The van der Waals surface area contributed by atoms with Gasteiger partial charge in [0, 0.05) is 5.56 Å². The van der Waals surface area contributed by atoms with Crippen LogP contribution >= 0.6 is 11.8 Å². The summed E-state index contributed by atoms with van der Waals surface area (Å²) in [5.74, 6) is -0.602. The van der Waals surface area contributed by atoms with Gasteiger partial charge in [0.1, 0.15) is 6.04 Å². The number of carboxylic acids is 1. The Morgan fingerprint density at radius 3 is 2.63 bits per heavy atom. The van der Waals surface area contributed by atoms with E-state index in [9.17, 15) is 9.59 Å². The molecule has 0 aliphatic rings. The molecule has 0 aliphatic carbocycles. The first-order valence-corrected chi connectivity index (χ1v) is 7.60. The van der Waals surface area contributed by atoms with Gasteiger partial charge in [0.25, 0.3) is 5.91 Å². The molecule has 1 atom stereocenters. The first kappa shape index (κ1) is 15.6. The number of carboxylic acid groups (broad SMARTS) is 1. The van der Waals surface area contributed by atoms with Crippen LogP contribution in [0.4, 0.5) is 0 Å². The van der Waals surface area contributed by atoms with Crippen molar-refractivity contribution in [2.75, 3.05) is 12.0 Å². The van der Waals surface area contributed by atoms with Crippen molar-refractivity contribution in [3.8, 4) is 0 Å². The Labute approximate surface area is 117 Å². The third-order valence-electron chi connectivity index (χ3n) is 2.86. The third-order valence-corrected chi connectivity index (χ3v) is 3.50. The van der Waals surface area contributed by atoms with Gasteiger partial charge in [-0.25, -0.2) is 4.79 Å². The standard InChI is InChI=1S/C14H19NO3S/c1-3-10-6-4-5-7-11(10)13(16)15-12(14(17)18)8-9-19-2/h4-7,12H,3,8-9H2,1-2H3,(H,15,16)(H,17,18)/t12-/m1/s1. The van der Waals surface area contributed by atoms with E-state index in [1.165, 1.54) is 0 Å². The summed E-state index contributed by atoms with van der Waals surface area (Å²) < 4.78 is 0. The summed E-state index contributed by atoms with van der Waals surface area (Å²) in [6.07, 6.45) is 3.08. The first-order valence-electron chi connectivity index (χ1n) is 6.20. The van der Waals surface area contributed by atoms with Gasteiger partial charge in [0.15, 0.2) is 0 Å². The summed E-state index contributed by atoms with van der Waals surface area (Å²) in [4.78, 5) is 23.2. The number of hydrogen-bond donors (Lipinski definition) is 2. The van der Waals surface area contributed by atoms with E-state index in [-0.39, 0.29) is 5.91 Å². The fourth-order valence-corrected chi connectivity index (χ4v) is 2.25. The Hall–Kier alpha value is -1.49. The van der Waals surface area contributed by atoms with Crippen LogP contribution in [0.1, 0.15) is 29.3 Å². The molecule has 0 radical (unpaired) electrons. The summed E-state index contributed by atoms with van der Waals surface area (Å²) in [5, 5.41) is 11.7. The molecule has 0 unspecified atom stereocenters. The minimum Gasteiger partial charge on any atom is -0.480 e. The van der Waals surface area contributed by atoms with Crippen molar-refractivity contribution < 1.29 is 14.7 Å². The van der Waals surface area contributed by atoms with Crippen LogP contribution in [0.15, 0.2) is 24.3 Å². The molecule has 1 amide bonds. The number of carbonyl (C=O) groups is 2. The highest BCUT2D eigenvalue weighted by Gasteiger charge is 2.21. The number of carbonyl (C=O) groups excluding carboxylic acids is 1. The van der Waals surface area contributed by atoms with Gasteiger partial charge in [-0.2, -0.15) is 11.8 Å². The maximum absolute atomic E-state index is 12.1. The van der Waals surface area contributed by atoms with Crippen LogP contribution < -0.4 is 5.32 Å². The van der Waals surface area contributed by atoms with Crippen LogP contribution in [0, 0.1) is 0 Å². The van der Waals surface area contributed by atoms with E-state index in [2.05, 4.69) is 5.32 Å². The van der Waals surface area contributed by atoms with E-state index in [1.807, 2.05) is 25.3 Å². The van der Waals surface area contributed by atoms with Crippen molar-refractivity contribution in [1.29, 1.82) is 0 Å². The van der Waals surface area contributed by atoms with Crippen molar-refractivity contribution in [1.82, 2.24) is 5.32 Å². The highest BCUT2D eigenvalue weighted by Crippen LogP contribution is 2.10. The molecule has 5 heteroatoms. The maximum Gasteiger partial charge on any atom is 0.326 e. The Balaban J connectivity index is 2.78. The van der Waals surface area contributed by atoms with Gasteiger partial charge in [-0.15, -0.1) is 0 Å². The van der Waals surface area contributed by atoms with Crippen LogP contribution in [0.2, 0.25) is 0 Å². The number of hydrogen-bond acceptors (Lipinski definition) is 3. The zero-order chi connectivity index (χ0) is 14.3. The quantitative estimate of drug-likeness (QED) is 0.804. The molecular weight excluding hydrogens is 262 g/mol. The third kappa shape index (κ3) is 4.59. The van der Waals surface area contributed by atoms with Crippen LogP contribution in [0.25, 0.3) is 0 Å². The summed E-state index contributed by atoms with van der Waals surface area (Å²) >= 11 is 1.56. The molecule has 0 spiro atoms. The average molecular weight is 281 g/mol. The smallest absolute Gasteiger partial charge is 0.326 e. The molecule has 1 rings (SSSR count). The van der Waals surface area contributed by atoms with Gasteiger partial charge < -0.3 is 10.4 Å². The minimum absolute atomic E-state index is 0.314. The van der Waals surface area contributed by atoms with Crippen LogP contribution in [0.3, 0.4) is 0 Å². The zero-order valence-corrected chi connectivity index (χ0v) is 12.0. The second kappa shape index (κ2) is 7.84. The van der Waals surface area contributed by atoms with Crippen molar-refractivity contribution in [3.63, 3.8) is 0 Å². The van der Waals surface area contributed by atoms with Crippen LogP contribution in [-0.2, 0) is 11.2 Å². The summed E-state index contributed by atoms with van der Waals surface area (Å²) in [6.45, 7) is 1.97. The van der Waals surface area contributed by atoms with Crippen LogP contribution in [-0.4, -0.2) is 35.0 Å². The van der Waals surface area contributed by atoms with Gasteiger partial charge in [-0.1, -0.05) is 25.1 Å². The van der Waals surface area contributed by atoms with E-state index in [0.29, 0.717) is 17.7 Å². The van der Waals surface area contributed by atoms with Crippen molar-refractivity contribution in [2.45, 2.75) is 25.8 Å². The number of nitrogens with one attached hydrogen (secondary N) is 1. The molecule has 4 nitrogen and oxygen atoms in total. The predicted molar refractivity (Wildman–Crippen MR) is 77.7 cm³/mol. The Bertz CT molecular complexity index is 448. The monoisotopic (exact) mass is 281 g/mol. The number of amides is 1. The van der Waals surface area contributed by atoms with E-state index >= 15 is 0 Å². The predicted octanol–water partition coefficient (Wildman–Crippen LogP) is 2.19. The fourth-order valence-electron chi connectivity index (χ4n) is 1.78. The zero-order valence-electron chi connectivity index (χ0n) is 11.2. The minimum atomic E-state index is -0.989. The molecule has 1 aromatic rings.